The van der Waals surface area contributed by atoms with Gasteiger partial charge in [0.05, 0.1) is 0 Å². The summed E-state index contributed by atoms with van der Waals surface area (Å²) in [5.41, 5.74) is 0. The van der Waals surface area contributed by atoms with Gasteiger partial charge in [-0.3, -0.25) is 9.59 Å². The molecule has 0 radical (unpaired) electrons. The van der Waals surface area contributed by atoms with E-state index in [0.29, 0.717) is 32.4 Å². The highest BCUT2D eigenvalue weighted by atomic mass is 16.4. The molecule has 1 amide bonds. The SMILES string of the molecule is C=CCN(CC=C)C(=O)CCCCC(=O)O. The summed E-state index contributed by atoms with van der Waals surface area (Å²) in [5.74, 6) is -0.799. The molecule has 0 aliphatic heterocycles. The van der Waals surface area contributed by atoms with Gasteiger partial charge in [0.1, 0.15) is 0 Å². The molecular formula is C12H19NO3. The largest absolute Gasteiger partial charge is 0.481 e. The summed E-state index contributed by atoms with van der Waals surface area (Å²) in [5, 5.41) is 8.43. The van der Waals surface area contributed by atoms with Crippen molar-refractivity contribution in [2.45, 2.75) is 25.7 Å². The van der Waals surface area contributed by atoms with Crippen molar-refractivity contribution in [1.29, 1.82) is 0 Å². The Balaban J connectivity index is 3.86. The fraction of sp³-hybridized carbons (Fsp3) is 0.500. The predicted octanol–water partition coefficient (Wildman–Crippen LogP) is 1.83. The minimum atomic E-state index is -0.818. The lowest BCUT2D eigenvalue weighted by Crippen LogP contribution is -2.31. The Morgan fingerprint density at radius 3 is 2.00 bits per heavy atom. The molecule has 0 saturated heterocycles. The third-order valence-electron chi connectivity index (χ3n) is 2.08. The number of hydrogen-bond donors (Lipinski definition) is 1. The van der Waals surface area contributed by atoms with Crippen LogP contribution in [-0.2, 0) is 9.59 Å². The molecule has 0 aliphatic rings. The normalized spacial score (nSPS) is 9.50. The fourth-order valence-corrected chi connectivity index (χ4v) is 1.30. The van der Waals surface area contributed by atoms with Gasteiger partial charge in [-0.1, -0.05) is 12.2 Å². The number of nitrogens with zero attached hydrogens (tertiary/aromatic N) is 1. The van der Waals surface area contributed by atoms with Crippen LogP contribution in [0.4, 0.5) is 0 Å². The van der Waals surface area contributed by atoms with Crippen molar-refractivity contribution >= 4 is 11.9 Å². The van der Waals surface area contributed by atoms with Crippen LogP contribution in [0.1, 0.15) is 25.7 Å². The first-order valence-electron chi connectivity index (χ1n) is 5.33. The summed E-state index contributed by atoms with van der Waals surface area (Å²) in [6.45, 7) is 8.17. The summed E-state index contributed by atoms with van der Waals surface area (Å²) in [7, 11) is 0. The molecule has 0 spiro atoms. The molecule has 0 heterocycles. The molecular weight excluding hydrogens is 206 g/mol. The maximum Gasteiger partial charge on any atom is 0.303 e. The second-order valence-corrected chi connectivity index (χ2v) is 3.48. The number of unbranched alkanes of at least 4 members (excludes halogenated alkanes) is 1. The molecule has 0 fully saturated rings. The number of carbonyl (C=O) groups excluding carboxylic acids is 1. The van der Waals surface area contributed by atoms with Crippen LogP contribution in [0.5, 0.6) is 0 Å². The average molecular weight is 225 g/mol. The van der Waals surface area contributed by atoms with Crippen molar-refractivity contribution in [3.05, 3.63) is 25.3 Å². The number of carboxylic acids is 1. The lowest BCUT2D eigenvalue weighted by Gasteiger charge is -2.18. The molecule has 0 bridgehead atoms. The summed E-state index contributed by atoms with van der Waals surface area (Å²) >= 11 is 0. The van der Waals surface area contributed by atoms with E-state index < -0.39 is 5.97 Å². The summed E-state index contributed by atoms with van der Waals surface area (Å²) in [6.07, 6.45) is 4.98. The van der Waals surface area contributed by atoms with Crippen LogP contribution in [0.25, 0.3) is 0 Å². The van der Waals surface area contributed by atoms with Crippen LogP contribution in [0.15, 0.2) is 25.3 Å². The molecule has 0 saturated carbocycles. The van der Waals surface area contributed by atoms with Crippen LogP contribution in [-0.4, -0.2) is 35.0 Å². The van der Waals surface area contributed by atoms with Crippen LogP contribution >= 0.6 is 0 Å². The Hall–Kier alpha value is -1.58. The average Bonchev–Trinajstić information content (AvgIpc) is 2.23. The van der Waals surface area contributed by atoms with Crippen LogP contribution in [0, 0.1) is 0 Å². The van der Waals surface area contributed by atoms with Crippen LogP contribution in [0.3, 0.4) is 0 Å². The Kier molecular flexibility index (Phi) is 7.85. The fourth-order valence-electron chi connectivity index (χ4n) is 1.30. The predicted molar refractivity (Wildman–Crippen MR) is 63.1 cm³/mol. The van der Waals surface area contributed by atoms with Crippen LogP contribution in [0.2, 0.25) is 0 Å². The van der Waals surface area contributed by atoms with Gasteiger partial charge in [-0.25, -0.2) is 0 Å². The van der Waals surface area contributed by atoms with Crippen molar-refractivity contribution in [2.24, 2.45) is 0 Å². The van der Waals surface area contributed by atoms with Gasteiger partial charge >= 0.3 is 5.97 Å². The Morgan fingerprint density at radius 2 is 1.56 bits per heavy atom. The maximum atomic E-state index is 11.7. The smallest absolute Gasteiger partial charge is 0.303 e. The second kappa shape index (κ2) is 8.71. The van der Waals surface area contributed by atoms with Crippen molar-refractivity contribution in [2.75, 3.05) is 13.1 Å². The zero-order valence-electron chi connectivity index (χ0n) is 9.52. The molecule has 0 aromatic rings. The van der Waals surface area contributed by atoms with Crippen molar-refractivity contribution in [3.8, 4) is 0 Å². The minimum absolute atomic E-state index is 0.0187. The zero-order chi connectivity index (χ0) is 12.4. The Bertz CT molecular complexity index is 251. The van der Waals surface area contributed by atoms with E-state index in [1.807, 2.05) is 0 Å². The van der Waals surface area contributed by atoms with Gasteiger partial charge in [0.25, 0.3) is 0 Å². The molecule has 0 aromatic heterocycles. The highest BCUT2D eigenvalue weighted by Gasteiger charge is 2.10. The molecule has 0 unspecified atom stereocenters. The minimum Gasteiger partial charge on any atom is -0.481 e. The van der Waals surface area contributed by atoms with E-state index in [4.69, 9.17) is 5.11 Å². The quantitative estimate of drug-likeness (QED) is 0.481. The first-order valence-corrected chi connectivity index (χ1v) is 5.33. The lowest BCUT2D eigenvalue weighted by molar-refractivity contribution is -0.137. The van der Waals surface area contributed by atoms with E-state index in [-0.39, 0.29) is 12.3 Å². The molecule has 0 rings (SSSR count). The monoisotopic (exact) mass is 225 g/mol. The van der Waals surface area contributed by atoms with Crippen LogP contribution < -0.4 is 0 Å². The van der Waals surface area contributed by atoms with Gasteiger partial charge in [-0.15, -0.1) is 13.2 Å². The van der Waals surface area contributed by atoms with E-state index in [1.54, 1.807) is 17.1 Å². The molecule has 0 aliphatic carbocycles. The van der Waals surface area contributed by atoms with Gasteiger partial charge in [0.2, 0.25) is 5.91 Å². The Morgan fingerprint density at radius 1 is 1.06 bits per heavy atom. The van der Waals surface area contributed by atoms with E-state index in [9.17, 15) is 9.59 Å². The van der Waals surface area contributed by atoms with E-state index in [2.05, 4.69) is 13.2 Å². The summed E-state index contributed by atoms with van der Waals surface area (Å²) in [4.78, 5) is 23.6. The van der Waals surface area contributed by atoms with E-state index in [0.717, 1.165) is 0 Å². The number of aliphatic carboxylic acids is 1. The van der Waals surface area contributed by atoms with Gasteiger partial charge in [0.15, 0.2) is 0 Å². The van der Waals surface area contributed by atoms with Crippen molar-refractivity contribution in [1.82, 2.24) is 4.90 Å². The van der Waals surface area contributed by atoms with Gasteiger partial charge in [-0.05, 0) is 12.8 Å². The van der Waals surface area contributed by atoms with E-state index >= 15 is 0 Å². The van der Waals surface area contributed by atoms with Gasteiger partial charge < -0.3 is 10.0 Å². The standard InChI is InChI=1S/C12H19NO3/c1-3-9-13(10-4-2)11(14)7-5-6-8-12(15)16/h3-4H,1-2,5-10H2,(H,15,16). The van der Waals surface area contributed by atoms with Crippen molar-refractivity contribution in [3.63, 3.8) is 0 Å². The zero-order valence-corrected chi connectivity index (χ0v) is 9.52. The highest BCUT2D eigenvalue weighted by Crippen LogP contribution is 2.04. The second-order valence-electron chi connectivity index (χ2n) is 3.48. The summed E-state index contributed by atoms with van der Waals surface area (Å²) < 4.78 is 0. The third-order valence-corrected chi connectivity index (χ3v) is 2.08. The Labute approximate surface area is 96.3 Å². The first kappa shape index (κ1) is 14.4. The number of amides is 1. The lowest BCUT2D eigenvalue weighted by atomic mass is 10.2. The number of rotatable bonds is 9. The van der Waals surface area contributed by atoms with E-state index in [1.165, 1.54) is 0 Å². The topological polar surface area (TPSA) is 57.6 Å². The molecule has 0 atom stereocenters. The molecule has 16 heavy (non-hydrogen) atoms. The number of carbonyl (C=O) groups is 2. The number of carboxylic acid groups (broad SMARTS) is 1. The third kappa shape index (κ3) is 6.81. The molecule has 0 aromatic carbocycles. The summed E-state index contributed by atoms with van der Waals surface area (Å²) in [6, 6.07) is 0. The molecule has 4 nitrogen and oxygen atoms in total. The molecule has 1 N–H and O–H groups in total. The molecule has 90 valence electrons. The van der Waals surface area contributed by atoms with Gasteiger partial charge in [-0.2, -0.15) is 0 Å². The highest BCUT2D eigenvalue weighted by molar-refractivity contribution is 5.76. The number of hydrogen-bond acceptors (Lipinski definition) is 2. The first-order chi connectivity index (χ1) is 7.61. The molecule has 4 heteroatoms. The van der Waals surface area contributed by atoms with Crippen molar-refractivity contribution < 1.29 is 14.7 Å². The van der Waals surface area contributed by atoms with Gasteiger partial charge in [0, 0.05) is 25.9 Å². The maximum absolute atomic E-state index is 11.7.